The molecule has 0 saturated heterocycles. The SMILES string of the molecule is COc1cc(C2Oc3c(OC)cc4c(c3C2CO)C(c2ccc(O)c(OC)c2)C(CO)C(CO)C4)ccc1O. The van der Waals surface area contributed by atoms with Gasteiger partial charge in [0.05, 0.1) is 33.9 Å². The van der Waals surface area contributed by atoms with Gasteiger partial charge in [-0.15, -0.1) is 0 Å². The van der Waals surface area contributed by atoms with E-state index in [2.05, 4.69) is 0 Å². The number of aromatic hydroxyl groups is 2. The Hall–Kier alpha value is -3.66. The Morgan fingerprint density at radius 1 is 0.744 bits per heavy atom. The lowest BCUT2D eigenvalue weighted by atomic mass is 9.64. The molecule has 208 valence electrons. The summed E-state index contributed by atoms with van der Waals surface area (Å²) in [6, 6.07) is 11.9. The van der Waals surface area contributed by atoms with Gasteiger partial charge in [-0.25, -0.2) is 0 Å². The van der Waals surface area contributed by atoms with E-state index in [1.165, 1.54) is 20.3 Å². The van der Waals surface area contributed by atoms with Crippen LogP contribution in [0.25, 0.3) is 0 Å². The van der Waals surface area contributed by atoms with Gasteiger partial charge in [0.1, 0.15) is 6.10 Å². The number of phenols is 2. The maximum atomic E-state index is 10.7. The van der Waals surface area contributed by atoms with Crippen molar-refractivity contribution in [2.45, 2.75) is 24.4 Å². The molecule has 1 heterocycles. The van der Waals surface area contributed by atoms with Crippen molar-refractivity contribution in [1.29, 1.82) is 0 Å². The van der Waals surface area contributed by atoms with E-state index in [0.29, 0.717) is 29.2 Å². The predicted octanol–water partition coefficient (Wildman–Crippen LogP) is 3.24. The quantitative estimate of drug-likeness (QED) is 0.293. The molecule has 39 heavy (non-hydrogen) atoms. The number of hydrogen-bond acceptors (Lipinski definition) is 9. The van der Waals surface area contributed by atoms with Crippen LogP contribution in [0.3, 0.4) is 0 Å². The van der Waals surface area contributed by atoms with Gasteiger partial charge in [0, 0.05) is 24.7 Å². The van der Waals surface area contributed by atoms with Crippen molar-refractivity contribution < 1.29 is 44.5 Å². The lowest BCUT2D eigenvalue weighted by Gasteiger charge is -2.40. The van der Waals surface area contributed by atoms with Crippen molar-refractivity contribution in [3.05, 3.63) is 70.3 Å². The highest BCUT2D eigenvalue weighted by Crippen LogP contribution is 2.58. The molecule has 0 amide bonds. The van der Waals surface area contributed by atoms with Crippen molar-refractivity contribution in [3.8, 4) is 34.5 Å². The van der Waals surface area contributed by atoms with Gasteiger partial charge in [0.15, 0.2) is 34.5 Å². The smallest absolute Gasteiger partial charge is 0.166 e. The van der Waals surface area contributed by atoms with E-state index in [1.54, 1.807) is 37.4 Å². The molecule has 0 fully saturated rings. The Morgan fingerprint density at radius 3 is 1.92 bits per heavy atom. The zero-order chi connectivity index (χ0) is 27.8. The van der Waals surface area contributed by atoms with Crippen LogP contribution in [0.4, 0.5) is 0 Å². The fourth-order valence-corrected chi connectivity index (χ4v) is 6.30. The van der Waals surface area contributed by atoms with E-state index >= 15 is 0 Å². The molecule has 0 saturated carbocycles. The summed E-state index contributed by atoms with van der Waals surface area (Å²) < 4.78 is 22.9. The number of hydrogen-bond donors (Lipinski definition) is 5. The van der Waals surface area contributed by atoms with Crippen LogP contribution in [0.1, 0.15) is 45.8 Å². The Kier molecular flexibility index (Phi) is 7.48. The lowest BCUT2D eigenvalue weighted by molar-refractivity contribution is 0.101. The number of phenolic OH excluding ortho intramolecular Hbond substituents is 2. The number of benzene rings is 3. The van der Waals surface area contributed by atoms with Gasteiger partial charge < -0.3 is 44.5 Å². The molecule has 3 aromatic carbocycles. The minimum Gasteiger partial charge on any atom is -0.504 e. The number of ether oxygens (including phenoxy) is 4. The van der Waals surface area contributed by atoms with Gasteiger partial charge in [-0.2, -0.15) is 0 Å². The van der Waals surface area contributed by atoms with Gasteiger partial charge in [-0.3, -0.25) is 0 Å². The molecule has 0 bridgehead atoms. The molecule has 5 atom stereocenters. The van der Waals surface area contributed by atoms with E-state index in [-0.39, 0.29) is 48.9 Å². The second-order valence-electron chi connectivity index (χ2n) is 10.1. The van der Waals surface area contributed by atoms with Gasteiger partial charge in [0.25, 0.3) is 0 Å². The molecule has 5 N–H and O–H groups in total. The second-order valence-corrected chi connectivity index (χ2v) is 10.1. The third-order valence-corrected chi connectivity index (χ3v) is 8.17. The molecule has 0 spiro atoms. The molecule has 9 nitrogen and oxygen atoms in total. The average Bonchev–Trinajstić information content (AvgIpc) is 3.35. The fourth-order valence-electron chi connectivity index (χ4n) is 6.30. The number of methoxy groups -OCH3 is 3. The number of aliphatic hydroxyl groups excluding tert-OH is 3. The third-order valence-electron chi connectivity index (χ3n) is 8.17. The number of fused-ring (bicyclic) bond motifs is 3. The van der Waals surface area contributed by atoms with Crippen molar-refractivity contribution in [1.82, 2.24) is 0 Å². The van der Waals surface area contributed by atoms with Crippen LogP contribution in [0.5, 0.6) is 34.5 Å². The Morgan fingerprint density at radius 2 is 1.36 bits per heavy atom. The van der Waals surface area contributed by atoms with Crippen LogP contribution in [-0.4, -0.2) is 66.7 Å². The summed E-state index contributed by atoms with van der Waals surface area (Å²) in [7, 11) is 4.50. The molecule has 0 aromatic heterocycles. The van der Waals surface area contributed by atoms with Crippen molar-refractivity contribution in [3.63, 3.8) is 0 Å². The van der Waals surface area contributed by atoms with Gasteiger partial charge in [-0.05, 0) is 70.8 Å². The van der Waals surface area contributed by atoms with E-state index in [9.17, 15) is 25.5 Å². The minimum atomic E-state index is -0.599. The van der Waals surface area contributed by atoms with Crippen LogP contribution in [0.2, 0.25) is 0 Å². The molecular weight excluding hydrogens is 504 g/mol. The molecule has 9 heteroatoms. The molecule has 0 radical (unpaired) electrons. The maximum Gasteiger partial charge on any atom is 0.166 e. The minimum absolute atomic E-state index is 0.00514. The maximum absolute atomic E-state index is 10.7. The van der Waals surface area contributed by atoms with Gasteiger partial charge in [-0.1, -0.05) is 12.1 Å². The first-order valence-corrected chi connectivity index (χ1v) is 12.9. The standard InChI is InChI=1S/C30H34O9/c1-36-23-9-15(4-6-21(23)34)26-19(13-32)18(12-31)8-17-11-25(38-3)30-28(27(17)26)20(14-33)29(39-30)16-5-7-22(35)24(10-16)37-2/h4-7,9-11,18-20,26,29,31-35H,8,12-14H2,1-3H3. The summed E-state index contributed by atoms with van der Waals surface area (Å²) in [6.07, 6.45) is -0.0968. The van der Waals surface area contributed by atoms with Crippen molar-refractivity contribution >= 4 is 0 Å². The van der Waals surface area contributed by atoms with Crippen LogP contribution in [0, 0.1) is 11.8 Å². The predicted molar refractivity (Wildman–Crippen MR) is 142 cm³/mol. The average molecular weight is 539 g/mol. The van der Waals surface area contributed by atoms with Crippen molar-refractivity contribution in [2.24, 2.45) is 11.8 Å². The van der Waals surface area contributed by atoms with E-state index < -0.39 is 17.9 Å². The van der Waals surface area contributed by atoms with Gasteiger partial charge in [0.2, 0.25) is 0 Å². The first-order valence-electron chi connectivity index (χ1n) is 12.9. The molecular formula is C30H34O9. The first-order chi connectivity index (χ1) is 18.9. The molecule has 5 rings (SSSR count). The fraction of sp³-hybridized carbons (Fsp3) is 0.400. The highest BCUT2D eigenvalue weighted by atomic mass is 16.5. The molecule has 2 aliphatic rings. The largest absolute Gasteiger partial charge is 0.504 e. The lowest BCUT2D eigenvalue weighted by Crippen LogP contribution is -2.36. The summed E-state index contributed by atoms with van der Waals surface area (Å²) >= 11 is 0. The number of rotatable bonds is 8. The highest BCUT2D eigenvalue weighted by Gasteiger charge is 2.46. The Balaban J connectivity index is 1.75. The zero-order valence-corrected chi connectivity index (χ0v) is 22.1. The zero-order valence-electron chi connectivity index (χ0n) is 22.1. The topological polar surface area (TPSA) is 138 Å². The van der Waals surface area contributed by atoms with E-state index in [0.717, 1.165) is 22.3 Å². The van der Waals surface area contributed by atoms with E-state index in [4.69, 9.17) is 18.9 Å². The number of aliphatic hydroxyl groups is 3. The second kappa shape index (κ2) is 10.8. The summed E-state index contributed by atoms with van der Waals surface area (Å²) in [4.78, 5) is 0. The normalized spacial score (nSPS) is 23.5. The summed E-state index contributed by atoms with van der Waals surface area (Å²) in [5.41, 5.74) is 4.10. The Labute approximate surface area is 226 Å². The summed E-state index contributed by atoms with van der Waals surface area (Å²) in [5, 5.41) is 52.0. The van der Waals surface area contributed by atoms with Crippen LogP contribution >= 0.6 is 0 Å². The van der Waals surface area contributed by atoms with Crippen LogP contribution in [0.15, 0.2) is 42.5 Å². The first kappa shape index (κ1) is 26.9. The van der Waals surface area contributed by atoms with Crippen LogP contribution < -0.4 is 18.9 Å². The molecule has 1 aliphatic carbocycles. The monoisotopic (exact) mass is 538 g/mol. The summed E-state index contributed by atoms with van der Waals surface area (Å²) in [5.74, 6) is 0.121. The van der Waals surface area contributed by atoms with Crippen LogP contribution in [-0.2, 0) is 6.42 Å². The highest BCUT2D eigenvalue weighted by molar-refractivity contribution is 5.63. The molecule has 1 aliphatic heterocycles. The third kappa shape index (κ3) is 4.40. The van der Waals surface area contributed by atoms with Crippen molar-refractivity contribution in [2.75, 3.05) is 41.2 Å². The molecule has 3 aromatic rings. The van der Waals surface area contributed by atoms with E-state index in [1.807, 2.05) is 6.07 Å². The van der Waals surface area contributed by atoms with Gasteiger partial charge >= 0.3 is 0 Å². The summed E-state index contributed by atoms with van der Waals surface area (Å²) in [6.45, 7) is -0.534. The molecule has 5 unspecified atom stereocenters. The Bertz CT molecular complexity index is 1350.